The van der Waals surface area contributed by atoms with Gasteiger partial charge in [0.2, 0.25) is 0 Å². The summed E-state index contributed by atoms with van der Waals surface area (Å²) < 4.78 is 0. The van der Waals surface area contributed by atoms with Gasteiger partial charge in [-0.1, -0.05) is 0 Å². The van der Waals surface area contributed by atoms with Crippen LogP contribution in [0.15, 0.2) is 0 Å². The molecule has 0 N–H and O–H groups in total. The van der Waals surface area contributed by atoms with Crippen molar-refractivity contribution >= 4 is 18.9 Å². The average molecular weight is 49.0 g/mol. The van der Waals surface area contributed by atoms with Crippen LogP contribution in [0.3, 0.4) is 0 Å². The molecule has 0 aromatic rings. The normalized spacial score (nSPS) is 2.00. The van der Waals surface area contributed by atoms with Crippen LogP contribution in [0.4, 0.5) is 0 Å². The van der Waals surface area contributed by atoms with Gasteiger partial charge in [-0.3, -0.25) is 0 Å². The van der Waals surface area contributed by atoms with Crippen molar-refractivity contribution in [2.24, 2.45) is 0 Å². The third kappa shape index (κ3) is 323. The second kappa shape index (κ2) is 11.4. The van der Waals surface area contributed by atoms with Crippen molar-refractivity contribution in [3.05, 3.63) is 0 Å². The first kappa shape index (κ1) is 8.94. The summed E-state index contributed by atoms with van der Waals surface area (Å²) in [5.74, 6) is 0. The second-order valence-electron chi connectivity index (χ2n) is 0.224. The Hall–Kier alpha value is 0.0874. The Labute approximate surface area is 37.8 Å². The van der Waals surface area contributed by atoms with Crippen molar-refractivity contribution in [2.45, 2.75) is 6.92 Å². The Morgan fingerprint density at radius 1 is 1.75 bits per heavy atom. The van der Waals surface area contributed by atoms with E-state index in [4.69, 9.17) is 5.26 Å². The van der Waals surface area contributed by atoms with E-state index < -0.39 is 0 Å². The molecule has 0 bridgehead atoms. The first-order valence-electron chi connectivity index (χ1n) is 0.724. The fourth-order valence-corrected chi connectivity index (χ4v) is 0. The van der Waals surface area contributed by atoms with Crippen LogP contribution in [0.5, 0.6) is 0 Å². The van der Waals surface area contributed by atoms with E-state index in [0.29, 0.717) is 0 Å². The van der Waals surface area contributed by atoms with E-state index in [1.165, 1.54) is 6.92 Å². The summed E-state index contributed by atoms with van der Waals surface area (Å²) in [5.41, 5.74) is 0. The quantitative estimate of drug-likeness (QED) is 0.351. The van der Waals surface area contributed by atoms with Crippen LogP contribution in [0.25, 0.3) is 0 Å². The SMILES string of the molecule is CC#N.[LiH]. The molecule has 18 valence electrons. The summed E-state index contributed by atoms with van der Waals surface area (Å²) in [7, 11) is 0. The molecule has 0 aromatic heterocycles. The van der Waals surface area contributed by atoms with Crippen molar-refractivity contribution in [1.82, 2.24) is 0 Å². The Kier molecular flexibility index (Phi) is 25.4. The van der Waals surface area contributed by atoms with E-state index in [0.717, 1.165) is 0 Å². The minimum atomic E-state index is 0. The van der Waals surface area contributed by atoms with E-state index in [1.807, 2.05) is 0 Å². The van der Waals surface area contributed by atoms with Gasteiger partial charge >= 0.3 is 18.9 Å². The maximum atomic E-state index is 7.32. The summed E-state index contributed by atoms with van der Waals surface area (Å²) in [6.07, 6.45) is 0. The molecule has 0 aromatic carbocycles. The summed E-state index contributed by atoms with van der Waals surface area (Å²) in [6.45, 7) is 1.43. The summed E-state index contributed by atoms with van der Waals surface area (Å²) in [4.78, 5) is 0. The van der Waals surface area contributed by atoms with Gasteiger partial charge in [0.1, 0.15) is 0 Å². The molecule has 0 saturated heterocycles. The number of hydrogen-bond donors (Lipinski definition) is 0. The van der Waals surface area contributed by atoms with Gasteiger partial charge in [-0.25, -0.2) is 0 Å². The van der Waals surface area contributed by atoms with Gasteiger partial charge < -0.3 is 0 Å². The zero-order valence-corrected chi connectivity index (χ0v) is 1.95. The van der Waals surface area contributed by atoms with Gasteiger partial charge in [-0.15, -0.1) is 0 Å². The van der Waals surface area contributed by atoms with Crippen molar-refractivity contribution < 1.29 is 0 Å². The molecule has 0 spiro atoms. The number of hydrogen-bond acceptors (Lipinski definition) is 1. The molecule has 2 heteroatoms. The zero-order chi connectivity index (χ0) is 2.71. The van der Waals surface area contributed by atoms with Crippen LogP contribution >= 0.6 is 0 Å². The molecule has 0 rings (SSSR count). The summed E-state index contributed by atoms with van der Waals surface area (Å²) in [5, 5.41) is 7.32. The van der Waals surface area contributed by atoms with Crippen molar-refractivity contribution in [3.63, 3.8) is 0 Å². The predicted molar refractivity (Wildman–Crippen MR) is 18.4 cm³/mol. The molecule has 0 heterocycles. The van der Waals surface area contributed by atoms with Crippen molar-refractivity contribution in [3.8, 4) is 6.07 Å². The maximum absolute atomic E-state index is 7.32. The Morgan fingerprint density at radius 3 is 1.75 bits per heavy atom. The molecule has 0 aliphatic rings. The molecule has 0 aliphatic carbocycles. The van der Waals surface area contributed by atoms with E-state index >= 15 is 0 Å². The molecule has 0 aliphatic heterocycles. The van der Waals surface area contributed by atoms with Crippen LogP contribution in [0.2, 0.25) is 0 Å². The average Bonchev–Trinajstić information content (AvgIpc) is 0.918. The molecule has 0 amide bonds. The summed E-state index contributed by atoms with van der Waals surface area (Å²) in [6, 6.07) is 1.75. The Balaban J connectivity index is 0. The fraction of sp³-hybridized carbons (Fsp3) is 0.500. The van der Waals surface area contributed by atoms with E-state index in [-0.39, 0.29) is 18.9 Å². The molecular formula is C2H4LiN. The second-order valence-corrected chi connectivity index (χ2v) is 0.224. The molecule has 4 heavy (non-hydrogen) atoms. The van der Waals surface area contributed by atoms with Crippen LogP contribution < -0.4 is 0 Å². The number of rotatable bonds is 0. The van der Waals surface area contributed by atoms with Gasteiger partial charge in [-0.2, -0.15) is 5.26 Å². The Morgan fingerprint density at radius 2 is 1.75 bits per heavy atom. The first-order valence-corrected chi connectivity index (χ1v) is 0.724. The van der Waals surface area contributed by atoms with Crippen molar-refractivity contribution in [1.29, 1.82) is 5.26 Å². The Bertz CT molecular complexity index is 27.5. The van der Waals surface area contributed by atoms with Crippen LogP contribution in [0, 0.1) is 11.3 Å². The minimum absolute atomic E-state index is 0. The van der Waals surface area contributed by atoms with Gasteiger partial charge in [0, 0.05) is 6.92 Å². The van der Waals surface area contributed by atoms with Crippen LogP contribution in [0.1, 0.15) is 6.92 Å². The third-order valence-electron chi connectivity index (χ3n) is 0. The molecular weight excluding hydrogens is 45.0 g/mol. The topological polar surface area (TPSA) is 23.8 Å². The molecule has 0 atom stereocenters. The van der Waals surface area contributed by atoms with Crippen molar-refractivity contribution in [2.75, 3.05) is 0 Å². The first-order chi connectivity index (χ1) is 1.41. The van der Waals surface area contributed by atoms with Gasteiger partial charge in [0.25, 0.3) is 0 Å². The predicted octanol–water partition coefficient (Wildman–Crippen LogP) is -0.119. The molecule has 0 fully saturated rings. The standard InChI is InChI=1S/C2H3N.Li.H/c1-2-3;;/h1H3;;. The van der Waals surface area contributed by atoms with E-state index in [9.17, 15) is 0 Å². The van der Waals surface area contributed by atoms with Gasteiger partial charge in [-0.05, 0) is 0 Å². The number of nitriles is 1. The molecule has 0 saturated carbocycles. The van der Waals surface area contributed by atoms with Crippen LogP contribution in [-0.2, 0) is 0 Å². The third-order valence-corrected chi connectivity index (χ3v) is 0. The molecule has 0 radical (unpaired) electrons. The van der Waals surface area contributed by atoms with E-state index in [2.05, 4.69) is 0 Å². The summed E-state index contributed by atoms with van der Waals surface area (Å²) >= 11 is 0. The van der Waals surface area contributed by atoms with Gasteiger partial charge in [0.05, 0.1) is 6.07 Å². The molecule has 1 nitrogen and oxygen atoms in total. The van der Waals surface area contributed by atoms with Crippen LogP contribution in [-0.4, -0.2) is 18.9 Å². The number of nitrogens with zero attached hydrogens (tertiary/aromatic N) is 1. The zero-order valence-electron chi connectivity index (χ0n) is 1.95. The fourth-order valence-electron chi connectivity index (χ4n) is 0. The van der Waals surface area contributed by atoms with Gasteiger partial charge in [0.15, 0.2) is 0 Å². The molecule has 0 unspecified atom stereocenters. The monoisotopic (exact) mass is 49.1 g/mol. The van der Waals surface area contributed by atoms with E-state index in [1.54, 1.807) is 6.07 Å².